The van der Waals surface area contributed by atoms with Gasteiger partial charge in [-0.2, -0.15) is 8.78 Å². The first-order valence-electron chi connectivity index (χ1n) is 4.18. The lowest BCUT2D eigenvalue weighted by atomic mass is 10.1. The predicted molar refractivity (Wildman–Crippen MR) is 55.7 cm³/mol. The summed E-state index contributed by atoms with van der Waals surface area (Å²) in [6.07, 6.45) is -2.03. The molecule has 1 rings (SSSR count). The average molecular weight is 287 g/mol. The van der Waals surface area contributed by atoms with Crippen LogP contribution in [0, 0.1) is 0 Å². The molecule has 0 fully saturated rings. The van der Waals surface area contributed by atoms with Crippen molar-refractivity contribution in [3.8, 4) is 5.75 Å². The van der Waals surface area contributed by atoms with E-state index in [2.05, 4.69) is 4.74 Å². The molecule has 1 atom stereocenters. The van der Waals surface area contributed by atoms with Crippen molar-refractivity contribution in [2.75, 3.05) is 0 Å². The summed E-state index contributed by atoms with van der Waals surface area (Å²) < 4.78 is 28.3. The number of hydrogen-bond acceptors (Lipinski definition) is 3. The molecule has 0 aliphatic heterocycles. The Hall–Kier alpha value is -1.11. The molecule has 0 amide bonds. The van der Waals surface area contributed by atoms with Crippen LogP contribution in [0.2, 0.25) is 10.0 Å². The number of aliphatic carboxylic acids is 1. The van der Waals surface area contributed by atoms with Crippen molar-refractivity contribution >= 4 is 29.2 Å². The van der Waals surface area contributed by atoms with Gasteiger partial charge >= 0.3 is 12.6 Å². The highest BCUT2D eigenvalue weighted by Gasteiger charge is 2.25. The molecule has 1 aromatic carbocycles. The number of carboxylic acid groups (broad SMARTS) is 1. The summed E-state index contributed by atoms with van der Waals surface area (Å²) in [5, 5.41) is 17.4. The largest absolute Gasteiger partial charge is 0.479 e. The van der Waals surface area contributed by atoms with Gasteiger partial charge in [0.15, 0.2) is 11.9 Å². The fraction of sp³-hybridized carbons (Fsp3) is 0.222. The zero-order valence-electron chi connectivity index (χ0n) is 8.03. The van der Waals surface area contributed by atoms with Crippen molar-refractivity contribution in [3.63, 3.8) is 0 Å². The molecule has 17 heavy (non-hydrogen) atoms. The number of hydrogen-bond donors (Lipinski definition) is 2. The molecule has 1 unspecified atom stereocenters. The topological polar surface area (TPSA) is 66.8 Å². The number of aliphatic hydroxyl groups excluding tert-OH is 1. The summed E-state index contributed by atoms with van der Waals surface area (Å²) in [6, 6.07) is 2.22. The molecule has 2 N–H and O–H groups in total. The second-order valence-electron chi connectivity index (χ2n) is 2.90. The van der Waals surface area contributed by atoms with Crippen LogP contribution in [0.25, 0.3) is 0 Å². The van der Waals surface area contributed by atoms with Crippen molar-refractivity contribution < 1.29 is 28.5 Å². The Labute approximate surface area is 104 Å². The lowest BCUT2D eigenvalue weighted by Gasteiger charge is -2.15. The normalized spacial score (nSPS) is 12.6. The van der Waals surface area contributed by atoms with Gasteiger partial charge in [0, 0.05) is 5.56 Å². The molecule has 8 heteroatoms. The van der Waals surface area contributed by atoms with E-state index in [-0.39, 0.29) is 10.0 Å². The van der Waals surface area contributed by atoms with E-state index < -0.39 is 30.0 Å². The van der Waals surface area contributed by atoms with Gasteiger partial charge in [0.1, 0.15) is 5.02 Å². The first-order valence-corrected chi connectivity index (χ1v) is 4.93. The summed E-state index contributed by atoms with van der Waals surface area (Å²) in [6.45, 7) is -3.22. The van der Waals surface area contributed by atoms with Gasteiger partial charge in [-0.15, -0.1) is 0 Å². The third-order valence-electron chi connectivity index (χ3n) is 1.82. The number of carboxylic acids is 1. The molecule has 4 nitrogen and oxygen atoms in total. The third-order valence-corrected chi connectivity index (χ3v) is 2.60. The number of alkyl halides is 2. The minimum absolute atomic E-state index is 0.0938. The number of carbonyl (C=O) groups is 1. The Morgan fingerprint density at radius 3 is 2.41 bits per heavy atom. The van der Waals surface area contributed by atoms with Crippen LogP contribution in [0.1, 0.15) is 11.7 Å². The first kappa shape index (κ1) is 14.0. The second kappa shape index (κ2) is 5.48. The van der Waals surface area contributed by atoms with E-state index in [1.54, 1.807) is 0 Å². The van der Waals surface area contributed by atoms with Crippen LogP contribution in [-0.4, -0.2) is 22.8 Å². The molecule has 0 heterocycles. The molecule has 0 spiro atoms. The Bertz CT molecular complexity index is 439. The number of benzene rings is 1. The van der Waals surface area contributed by atoms with Gasteiger partial charge in [-0.05, 0) is 6.07 Å². The molecule has 0 radical (unpaired) electrons. The summed E-state index contributed by atoms with van der Waals surface area (Å²) >= 11 is 11.2. The van der Waals surface area contributed by atoms with Crippen LogP contribution in [0.15, 0.2) is 12.1 Å². The van der Waals surface area contributed by atoms with E-state index in [9.17, 15) is 18.7 Å². The molecule has 0 saturated carbocycles. The molecule has 0 aliphatic carbocycles. The van der Waals surface area contributed by atoms with Crippen LogP contribution in [0.4, 0.5) is 8.78 Å². The van der Waals surface area contributed by atoms with E-state index in [1.165, 1.54) is 6.07 Å². The van der Waals surface area contributed by atoms with Crippen molar-refractivity contribution in [2.45, 2.75) is 12.7 Å². The van der Waals surface area contributed by atoms with Crippen molar-refractivity contribution in [2.24, 2.45) is 0 Å². The maximum Gasteiger partial charge on any atom is 0.387 e. The minimum atomic E-state index is -3.22. The summed E-state index contributed by atoms with van der Waals surface area (Å²) in [5.41, 5.74) is -0.396. The number of ether oxygens (including phenoxy) is 1. The van der Waals surface area contributed by atoms with Gasteiger partial charge in [-0.1, -0.05) is 29.3 Å². The molecule has 1 aromatic rings. The van der Waals surface area contributed by atoms with E-state index in [1.807, 2.05) is 0 Å². The summed E-state index contributed by atoms with van der Waals surface area (Å²) in [5.74, 6) is -2.27. The lowest BCUT2D eigenvalue weighted by Crippen LogP contribution is -2.14. The van der Waals surface area contributed by atoms with Crippen LogP contribution in [-0.2, 0) is 4.79 Å². The van der Waals surface area contributed by atoms with Crippen LogP contribution >= 0.6 is 23.2 Å². The summed E-state index contributed by atoms with van der Waals surface area (Å²) in [7, 11) is 0. The first-order chi connectivity index (χ1) is 7.84. The Morgan fingerprint density at radius 2 is 1.94 bits per heavy atom. The van der Waals surface area contributed by atoms with Gasteiger partial charge in [-0.3, -0.25) is 0 Å². The van der Waals surface area contributed by atoms with Gasteiger partial charge < -0.3 is 14.9 Å². The molecule has 94 valence electrons. The summed E-state index contributed by atoms with van der Waals surface area (Å²) in [4.78, 5) is 10.6. The molecule has 0 aromatic heterocycles. The Kier molecular flexibility index (Phi) is 4.50. The quantitative estimate of drug-likeness (QED) is 0.893. The van der Waals surface area contributed by atoms with E-state index in [0.29, 0.717) is 0 Å². The van der Waals surface area contributed by atoms with Gasteiger partial charge in [0.05, 0.1) is 5.02 Å². The van der Waals surface area contributed by atoms with Crippen molar-refractivity contribution in [1.29, 1.82) is 0 Å². The van der Waals surface area contributed by atoms with E-state index in [0.717, 1.165) is 6.07 Å². The highest BCUT2D eigenvalue weighted by Crippen LogP contribution is 2.38. The van der Waals surface area contributed by atoms with E-state index >= 15 is 0 Å². The van der Waals surface area contributed by atoms with E-state index in [4.69, 9.17) is 28.3 Å². The molecule has 0 aliphatic rings. The van der Waals surface area contributed by atoms with Gasteiger partial charge in [0.2, 0.25) is 0 Å². The SMILES string of the molecule is O=C(O)C(O)c1ccc(Cl)c(Cl)c1OC(F)F. The Morgan fingerprint density at radius 1 is 1.35 bits per heavy atom. The zero-order chi connectivity index (χ0) is 13.2. The Balaban J connectivity index is 3.29. The minimum Gasteiger partial charge on any atom is -0.479 e. The van der Waals surface area contributed by atoms with Crippen LogP contribution in [0.3, 0.4) is 0 Å². The van der Waals surface area contributed by atoms with Crippen LogP contribution < -0.4 is 4.74 Å². The highest BCUT2D eigenvalue weighted by atomic mass is 35.5. The smallest absolute Gasteiger partial charge is 0.387 e. The number of halogens is 4. The number of rotatable bonds is 4. The zero-order valence-corrected chi connectivity index (χ0v) is 9.54. The highest BCUT2D eigenvalue weighted by molar-refractivity contribution is 6.43. The second-order valence-corrected chi connectivity index (χ2v) is 3.68. The maximum atomic E-state index is 12.1. The van der Waals surface area contributed by atoms with Gasteiger partial charge in [-0.25, -0.2) is 4.79 Å². The van der Waals surface area contributed by atoms with Gasteiger partial charge in [0.25, 0.3) is 0 Å². The lowest BCUT2D eigenvalue weighted by molar-refractivity contribution is -0.147. The molecular formula is C9H6Cl2F2O4. The van der Waals surface area contributed by atoms with Crippen molar-refractivity contribution in [1.82, 2.24) is 0 Å². The van der Waals surface area contributed by atoms with Crippen molar-refractivity contribution in [3.05, 3.63) is 27.7 Å². The third kappa shape index (κ3) is 3.18. The molecule has 0 saturated heterocycles. The monoisotopic (exact) mass is 286 g/mol. The standard InChI is InChI=1S/C9H6Cl2F2O4/c10-4-2-1-3(6(14)8(15)16)7(5(4)11)17-9(12)13/h1-2,6,9,14H,(H,15,16). The number of aliphatic hydroxyl groups is 1. The van der Waals surface area contributed by atoms with Crippen LogP contribution in [0.5, 0.6) is 5.75 Å². The molecule has 0 bridgehead atoms. The fourth-order valence-electron chi connectivity index (χ4n) is 1.10. The maximum absolute atomic E-state index is 12.1. The molecular weight excluding hydrogens is 281 g/mol. The fourth-order valence-corrected chi connectivity index (χ4v) is 1.47. The predicted octanol–water partition coefficient (Wildman–Crippen LogP) is 2.71. The average Bonchev–Trinajstić information content (AvgIpc) is 2.23.